The third-order valence-electron chi connectivity index (χ3n) is 3.78. The summed E-state index contributed by atoms with van der Waals surface area (Å²) in [6, 6.07) is 0. The summed E-state index contributed by atoms with van der Waals surface area (Å²) in [7, 11) is 0. The number of hydrogen-bond donors (Lipinski definition) is 2. The largest absolute Gasteiger partial charge is 0.330 e. The molecule has 2 heteroatoms. The molecule has 1 atom stereocenters. The lowest BCUT2D eigenvalue weighted by Crippen LogP contribution is -2.37. The third-order valence-corrected chi connectivity index (χ3v) is 3.78. The molecular weight excluding hydrogens is 208 g/mol. The van der Waals surface area contributed by atoms with E-state index in [1.54, 1.807) is 0 Å². The van der Waals surface area contributed by atoms with Gasteiger partial charge in [-0.2, -0.15) is 0 Å². The molecule has 0 amide bonds. The first-order valence-electron chi connectivity index (χ1n) is 7.45. The number of unbranched alkanes of at least 4 members (excludes halogenated alkanes) is 3. The monoisotopic (exact) mass is 242 g/mol. The highest BCUT2D eigenvalue weighted by molar-refractivity contribution is 4.75. The van der Waals surface area contributed by atoms with E-state index in [1.165, 1.54) is 32.1 Å². The Morgan fingerprint density at radius 3 is 2.29 bits per heavy atom. The van der Waals surface area contributed by atoms with Gasteiger partial charge in [0.2, 0.25) is 0 Å². The summed E-state index contributed by atoms with van der Waals surface area (Å²) in [6.07, 6.45) is 8.00. The molecule has 0 aliphatic carbocycles. The minimum Gasteiger partial charge on any atom is -0.330 e. The summed E-state index contributed by atoms with van der Waals surface area (Å²) in [5.74, 6) is 0.864. The van der Waals surface area contributed by atoms with Crippen LogP contribution in [0.4, 0.5) is 0 Å². The van der Waals surface area contributed by atoms with Crippen LogP contribution in [0.3, 0.4) is 0 Å². The Kier molecular flexibility index (Phi) is 9.85. The van der Waals surface area contributed by atoms with E-state index >= 15 is 0 Å². The van der Waals surface area contributed by atoms with Crippen LogP contribution in [0, 0.1) is 11.3 Å². The molecule has 1 unspecified atom stereocenters. The summed E-state index contributed by atoms with van der Waals surface area (Å²) in [6.45, 7) is 12.1. The zero-order valence-corrected chi connectivity index (χ0v) is 12.5. The molecule has 2 nitrogen and oxygen atoms in total. The maximum absolute atomic E-state index is 5.79. The summed E-state index contributed by atoms with van der Waals surface area (Å²) >= 11 is 0. The molecule has 0 aromatic rings. The van der Waals surface area contributed by atoms with Gasteiger partial charge < -0.3 is 11.1 Å². The van der Waals surface area contributed by atoms with Gasteiger partial charge in [0.1, 0.15) is 0 Å². The van der Waals surface area contributed by atoms with Crippen LogP contribution in [0.2, 0.25) is 0 Å². The SMILES string of the molecule is CCC(C)(CN)CNCCCCCCC(C)C. The van der Waals surface area contributed by atoms with Gasteiger partial charge in [-0.3, -0.25) is 0 Å². The van der Waals surface area contributed by atoms with E-state index in [0.29, 0.717) is 0 Å². The average molecular weight is 242 g/mol. The van der Waals surface area contributed by atoms with Crippen molar-refractivity contribution < 1.29 is 0 Å². The number of rotatable bonds is 11. The Labute approximate surface area is 109 Å². The van der Waals surface area contributed by atoms with E-state index in [2.05, 4.69) is 33.0 Å². The van der Waals surface area contributed by atoms with Gasteiger partial charge >= 0.3 is 0 Å². The summed E-state index contributed by atoms with van der Waals surface area (Å²) < 4.78 is 0. The highest BCUT2D eigenvalue weighted by Gasteiger charge is 2.18. The van der Waals surface area contributed by atoms with Gasteiger partial charge in [-0.25, -0.2) is 0 Å². The topological polar surface area (TPSA) is 38.0 Å². The normalized spacial score (nSPS) is 15.2. The zero-order valence-electron chi connectivity index (χ0n) is 12.5. The summed E-state index contributed by atoms with van der Waals surface area (Å²) in [5.41, 5.74) is 6.08. The lowest BCUT2D eigenvalue weighted by molar-refractivity contribution is 0.302. The van der Waals surface area contributed by atoms with Crippen LogP contribution in [-0.4, -0.2) is 19.6 Å². The Bertz CT molecular complexity index is 162. The van der Waals surface area contributed by atoms with Crippen LogP contribution in [0.5, 0.6) is 0 Å². The molecule has 17 heavy (non-hydrogen) atoms. The van der Waals surface area contributed by atoms with E-state index in [4.69, 9.17) is 5.73 Å². The standard InChI is InChI=1S/C15H34N2/c1-5-15(4,12-16)13-17-11-9-7-6-8-10-14(2)3/h14,17H,5-13,16H2,1-4H3. The first kappa shape index (κ1) is 16.9. The van der Waals surface area contributed by atoms with Crippen LogP contribution in [0.25, 0.3) is 0 Å². The lowest BCUT2D eigenvalue weighted by Gasteiger charge is -2.26. The van der Waals surface area contributed by atoms with E-state index in [9.17, 15) is 0 Å². The molecular formula is C15H34N2. The Hall–Kier alpha value is -0.0800. The lowest BCUT2D eigenvalue weighted by atomic mass is 9.88. The van der Waals surface area contributed by atoms with Gasteiger partial charge in [-0.05, 0) is 37.3 Å². The second-order valence-electron chi connectivity index (χ2n) is 6.14. The van der Waals surface area contributed by atoms with E-state index < -0.39 is 0 Å². The molecule has 0 saturated heterocycles. The highest BCUT2D eigenvalue weighted by Crippen LogP contribution is 2.17. The van der Waals surface area contributed by atoms with Crippen molar-refractivity contribution >= 4 is 0 Å². The molecule has 0 radical (unpaired) electrons. The highest BCUT2D eigenvalue weighted by atomic mass is 14.9. The molecule has 0 aromatic carbocycles. The van der Waals surface area contributed by atoms with Crippen molar-refractivity contribution in [2.45, 2.75) is 66.2 Å². The summed E-state index contributed by atoms with van der Waals surface area (Å²) in [4.78, 5) is 0. The Morgan fingerprint density at radius 1 is 1.12 bits per heavy atom. The first-order chi connectivity index (χ1) is 8.04. The predicted molar refractivity (Wildman–Crippen MR) is 78.2 cm³/mol. The van der Waals surface area contributed by atoms with Crippen molar-refractivity contribution in [1.82, 2.24) is 5.32 Å². The zero-order chi connectivity index (χ0) is 13.1. The molecule has 0 aromatic heterocycles. The van der Waals surface area contributed by atoms with Crippen molar-refractivity contribution in [3.63, 3.8) is 0 Å². The van der Waals surface area contributed by atoms with Gasteiger partial charge in [-0.15, -0.1) is 0 Å². The average Bonchev–Trinajstić information content (AvgIpc) is 2.32. The molecule has 0 heterocycles. The second-order valence-corrected chi connectivity index (χ2v) is 6.14. The van der Waals surface area contributed by atoms with Crippen molar-refractivity contribution in [1.29, 1.82) is 0 Å². The smallest absolute Gasteiger partial charge is 0.00171 e. The molecule has 0 fully saturated rings. The van der Waals surface area contributed by atoms with Crippen LogP contribution in [0.1, 0.15) is 66.2 Å². The van der Waals surface area contributed by atoms with Crippen LogP contribution < -0.4 is 11.1 Å². The fourth-order valence-corrected chi connectivity index (χ4v) is 1.89. The van der Waals surface area contributed by atoms with Crippen molar-refractivity contribution in [3.8, 4) is 0 Å². The number of nitrogens with one attached hydrogen (secondary N) is 1. The summed E-state index contributed by atoms with van der Waals surface area (Å²) in [5, 5.41) is 3.55. The van der Waals surface area contributed by atoms with E-state index in [1.807, 2.05) is 0 Å². The molecule has 0 aliphatic rings. The first-order valence-corrected chi connectivity index (χ1v) is 7.45. The third kappa shape index (κ3) is 9.61. The molecule has 0 aliphatic heterocycles. The van der Waals surface area contributed by atoms with Gasteiger partial charge in [0, 0.05) is 6.54 Å². The van der Waals surface area contributed by atoms with E-state index in [0.717, 1.165) is 32.0 Å². The maximum atomic E-state index is 5.79. The van der Waals surface area contributed by atoms with Crippen molar-refractivity contribution in [2.24, 2.45) is 17.1 Å². The predicted octanol–water partition coefficient (Wildman–Crippen LogP) is 3.56. The van der Waals surface area contributed by atoms with Crippen LogP contribution in [-0.2, 0) is 0 Å². The van der Waals surface area contributed by atoms with Crippen LogP contribution >= 0.6 is 0 Å². The number of hydrogen-bond acceptors (Lipinski definition) is 2. The van der Waals surface area contributed by atoms with Gasteiger partial charge in [-0.1, -0.05) is 53.4 Å². The Morgan fingerprint density at radius 2 is 1.76 bits per heavy atom. The van der Waals surface area contributed by atoms with Crippen molar-refractivity contribution in [3.05, 3.63) is 0 Å². The second kappa shape index (κ2) is 9.90. The molecule has 104 valence electrons. The fraction of sp³-hybridized carbons (Fsp3) is 1.00. The van der Waals surface area contributed by atoms with Crippen molar-refractivity contribution in [2.75, 3.05) is 19.6 Å². The number of nitrogens with two attached hydrogens (primary N) is 1. The molecule has 0 spiro atoms. The molecule has 0 bridgehead atoms. The van der Waals surface area contributed by atoms with Gasteiger partial charge in [0.05, 0.1) is 0 Å². The minimum atomic E-state index is 0.289. The quantitative estimate of drug-likeness (QED) is 0.544. The van der Waals surface area contributed by atoms with Crippen LogP contribution in [0.15, 0.2) is 0 Å². The van der Waals surface area contributed by atoms with Gasteiger partial charge in [0.25, 0.3) is 0 Å². The van der Waals surface area contributed by atoms with Gasteiger partial charge in [0.15, 0.2) is 0 Å². The maximum Gasteiger partial charge on any atom is 0.00171 e. The van der Waals surface area contributed by atoms with E-state index in [-0.39, 0.29) is 5.41 Å². The molecule has 3 N–H and O–H groups in total. The fourth-order valence-electron chi connectivity index (χ4n) is 1.89. The Balaban J connectivity index is 3.29. The molecule has 0 saturated carbocycles. The minimum absolute atomic E-state index is 0.289. The molecule has 0 rings (SSSR count).